The number of phenolic OH excluding ortho intramolecular Hbond substituents is 2. The summed E-state index contributed by atoms with van der Waals surface area (Å²) in [4.78, 5) is 23.3. The molecule has 0 aromatic heterocycles. The van der Waals surface area contributed by atoms with Crippen molar-refractivity contribution in [3.8, 4) is 22.6 Å². The molecule has 8 nitrogen and oxygen atoms in total. The van der Waals surface area contributed by atoms with Crippen molar-refractivity contribution in [2.75, 3.05) is 11.9 Å². The van der Waals surface area contributed by atoms with Crippen LogP contribution in [0, 0.1) is 0 Å². The third kappa shape index (κ3) is 8.66. The maximum absolute atomic E-state index is 12.6. The van der Waals surface area contributed by atoms with Gasteiger partial charge in [0.15, 0.2) is 0 Å². The zero-order valence-electron chi connectivity index (χ0n) is 22.9. The number of hydrogen-bond donors (Lipinski definition) is 6. The quantitative estimate of drug-likeness (QED) is 0.107. The number of benzene rings is 4. The van der Waals surface area contributed by atoms with Crippen molar-refractivity contribution in [2.24, 2.45) is 0 Å². The van der Waals surface area contributed by atoms with Gasteiger partial charge in [-0.2, -0.15) is 0 Å². The summed E-state index contributed by atoms with van der Waals surface area (Å²) >= 11 is 0. The fourth-order valence-electron chi connectivity index (χ4n) is 4.58. The highest BCUT2D eigenvalue weighted by Crippen LogP contribution is 2.26. The van der Waals surface area contributed by atoms with Crippen LogP contribution in [0.4, 0.5) is 5.69 Å². The minimum absolute atomic E-state index is 0.0583. The van der Waals surface area contributed by atoms with E-state index in [0.717, 1.165) is 27.8 Å². The normalized spacial score (nSPS) is 12.3. The molecule has 4 aromatic rings. The topological polar surface area (TPSA) is 131 Å². The SMILES string of the molecule is C[C@H](Cc1cccc(CC(=O)NCc2ccc(-c3ccc(O)cc3)cc2)c1)NC[C@H](O)c1ccc(O)c(NC=O)c1. The van der Waals surface area contributed by atoms with Crippen LogP contribution in [0.25, 0.3) is 11.1 Å². The molecule has 0 radical (unpaired) electrons. The van der Waals surface area contributed by atoms with Crippen molar-refractivity contribution in [3.05, 3.63) is 113 Å². The summed E-state index contributed by atoms with van der Waals surface area (Å²) in [6.07, 6.45) is 0.646. The Kier molecular flexibility index (Phi) is 10.1. The minimum Gasteiger partial charge on any atom is -0.508 e. The minimum atomic E-state index is -0.815. The molecule has 212 valence electrons. The van der Waals surface area contributed by atoms with E-state index in [9.17, 15) is 24.9 Å². The van der Waals surface area contributed by atoms with Gasteiger partial charge in [0.1, 0.15) is 11.5 Å². The van der Waals surface area contributed by atoms with Crippen molar-refractivity contribution in [1.29, 1.82) is 0 Å². The Balaban J connectivity index is 1.23. The number of aromatic hydroxyl groups is 2. The van der Waals surface area contributed by atoms with Gasteiger partial charge in [-0.1, -0.05) is 66.7 Å². The van der Waals surface area contributed by atoms with Crippen molar-refractivity contribution in [3.63, 3.8) is 0 Å². The highest BCUT2D eigenvalue weighted by atomic mass is 16.3. The summed E-state index contributed by atoms with van der Waals surface area (Å²) in [6, 6.07) is 27.6. The third-order valence-corrected chi connectivity index (χ3v) is 6.82. The van der Waals surface area contributed by atoms with E-state index in [1.165, 1.54) is 6.07 Å². The van der Waals surface area contributed by atoms with Gasteiger partial charge in [0, 0.05) is 19.1 Å². The molecule has 0 aliphatic carbocycles. The molecule has 0 heterocycles. The molecular weight excluding hydrogens is 518 g/mol. The fraction of sp³-hybridized carbons (Fsp3) is 0.212. The number of carbonyl (C=O) groups is 2. The lowest BCUT2D eigenvalue weighted by Gasteiger charge is -2.18. The summed E-state index contributed by atoms with van der Waals surface area (Å²) in [5, 5.41) is 38.5. The van der Waals surface area contributed by atoms with Gasteiger partial charge in [0.25, 0.3) is 0 Å². The molecule has 41 heavy (non-hydrogen) atoms. The first-order valence-electron chi connectivity index (χ1n) is 13.5. The molecule has 0 unspecified atom stereocenters. The summed E-state index contributed by atoms with van der Waals surface area (Å²) in [6.45, 7) is 2.76. The lowest BCUT2D eigenvalue weighted by Crippen LogP contribution is -2.32. The van der Waals surface area contributed by atoms with Crippen molar-refractivity contribution in [2.45, 2.75) is 38.5 Å². The van der Waals surface area contributed by atoms with Gasteiger partial charge in [-0.05, 0) is 71.0 Å². The molecule has 0 aliphatic rings. The molecule has 4 rings (SSSR count). The van der Waals surface area contributed by atoms with Crippen LogP contribution in [0.2, 0.25) is 0 Å². The highest BCUT2D eigenvalue weighted by molar-refractivity contribution is 5.78. The molecule has 0 aliphatic heterocycles. The maximum atomic E-state index is 12.6. The van der Waals surface area contributed by atoms with Gasteiger partial charge >= 0.3 is 0 Å². The largest absolute Gasteiger partial charge is 0.508 e. The predicted octanol–water partition coefficient (Wildman–Crippen LogP) is 4.45. The van der Waals surface area contributed by atoms with Crippen LogP contribution < -0.4 is 16.0 Å². The molecule has 0 bridgehead atoms. The van der Waals surface area contributed by atoms with Crippen LogP contribution >= 0.6 is 0 Å². The number of nitrogens with one attached hydrogen (secondary N) is 3. The van der Waals surface area contributed by atoms with Crippen LogP contribution in [0.3, 0.4) is 0 Å². The van der Waals surface area contributed by atoms with Crippen molar-refractivity contribution >= 4 is 18.0 Å². The predicted molar refractivity (Wildman–Crippen MR) is 159 cm³/mol. The second kappa shape index (κ2) is 14.1. The van der Waals surface area contributed by atoms with Crippen LogP contribution in [0.15, 0.2) is 91.0 Å². The number of carbonyl (C=O) groups excluding carboxylic acids is 2. The first-order chi connectivity index (χ1) is 19.8. The van der Waals surface area contributed by atoms with Gasteiger partial charge in [0.2, 0.25) is 12.3 Å². The number of phenols is 2. The summed E-state index contributed by atoms with van der Waals surface area (Å²) < 4.78 is 0. The highest BCUT2D eigenvalue weighted by Gasteiger charge is 2.13. The van der Waals surface area contributed by atoms with Gasteiger partial charge in [-0.25, -0.2) is 0 Å². The van der Waals surface area contributed by atoms with E-state index in [4.69, 9.17) is 0 Å². The number of amides is 2. The maximum Gasteiger partial charge on any atom is 0.224 e. The Morgan fingerprint density at radius 1 is 0.854 bits per heavy atom. The molecule has 0 fully saturated rings. The van der Waals surface area contributed by atoms with Crippen LogP contribution in [0.1, 0.15) is 35.3 Å². The smallest absolute Gasteiger partial charge is 0.224 e. The van der Waals surface area contributed by atoms with Crippen molar-refractivity contribution < 1.29 is 24.9 Å². The Morgan fingerprint density at radius 3 is 2.24 bits per heavy atom. The zero-order valence-corrected chi connectivity index (χ0v) is 22.9. The zero-order chi connectivity index (χ0) is 29.2. The lowest BCUT2D eigenvalue weighted by atomic mass is 10.0. The van der Waals surface area contributed by atoms with E-state index >= 15 is 0 Å². The fourth-order valence-corrected chi connectivity index (χ4v) is 4.58. The van der Waals surface area contributed by atoms with E-state index in [-0.39, 0.29) is 35.6 Å². The van der Waals surface area contributed by atoms with Gasteiger partial charge < -0.3 is 31.3 Å². The third-order valence-electron chi connectivity index (χ3n) is 6.82. The average Bonchev–Trinajstić information content (AvgIpc) is 2.97. The Bertz CT molecular complexity index is 1450. The van der Waals surface area contributed by atoms with E-state index in [1.54, 1.807) is 24.3 Å². The summed E-state index contributed by atoms with van der Waals surface area (Å²) in [7, 11) is 0. The van der Waals surface area contributed by atoms with Gasteiger partial charge in [-0.15, -0.1) is 0 Å². The monoisotopic (exact) mass is 553 g/mol. The van der Waals surface area contributed by atoms with Gasteiger partial charge in [0.05, 0.1) is 18.2 Å². The lowest BCUT2D eigenvalue weighted by molar-refractivity contribution is -0.120. The number of aliphatic hydroxyl groups is 1. The van der Waals surface area contributed by atoms with E-state index < -0.39 is 6.10 Å². The second-order valence-corrected chi connectivity index (χ2v) is 10.1. The van der Waals surface area contributed by atoms with E-state index in [0.29, 0.717) is 31.5 Å². The molecule has 6 N–H and O–H groups in total. The molecule has 2 atom stereocenters. The Hall–Kier alpha value is -4.66. The molecule has 8 heteroatoms. The van der Waals surface area contributed by atoms with E-state index in [1.807, 2.05) is 67.6 Å². The first-order valence-corrected chi connectivity index (χ1v) is 13.5. The van der Waals surface area contributed by atoms with Gasteiger partial charge in [-0.3, -0.25) is 9.59 Å². The average molecular weight is 554 g/mol. The summed E-state index contributed by atoms with van der Waals surface area (Å²) in [5.74, 6) is 0.108. The Labute approximate surface area is 239 Å². The molecule has 0 saturated carbocycles. The number of aliphatic hydroxyl groups excluding tert-OH is 1. The molecule has 0 spiro atoms. The molecule has 2 amide bonds. The standard InChI is InChI=1S/C33H35N3O5/c1-22(34-20-32(40)28-11-14-31(39)30(18-28)36-21-37)15-24-3-2-4-25(16-24)17-33(41)35-19-23-5-7-26(8-6-23)27-9-12-29(38)13-10-27/h2-14,16,18,21-22,32,34,38-40H,15,17,19-20H2,1H3,(H,35,41)(H,36,37)/t22-,32+/m1/s1. The van der Waals surface area contributed by atoms with Crippen molar-refractivity contribution in [1.82, 2.24) is 10.6 Å². The molecular formula is C33H35N3O5. The van der Waals surface area contributed by atoms with E-state index in [2.05, 4.69) is 16.0 Å². The van der Waals surface area contributed by atoms with Crippen LogP contribution in [-0.2, 0) is 29.0 Å². The Morgan fingerprint density at radius 2 is 1.54 bits per heavy atom. The second-order valence-electron chi connectivity index (χ2n) is 10.1. The summed E-state index contributed by atoms with van der Waals surface area (Å²) in [5.41, 5.74) is 5.88. The number of hydrogen-bond acceptors (Lipinski definition) is 6. The molecule has 4 aromatic carbocycles. The first kappa shape index (κ1) is 29.3. The molecule has 0 saturated heterocycles. The van der Waals surface area contributed by atoms with Crippen LogP contribution in [0.5, 0.6) is 11.5 Å². The number of anilines is 1. The number of rotatable bonds is 13. The van der Waals surface area contributed by atoms with Crippen LogP contribution in [-0.4, -0.2) is 40.2 Å².